The number of rotatable bonds is 4. The fourth-order valence-corrected chi connectivity index (χ4v) is 3.65. The Kier molecular flexibility index (Phi) is 4.10. The van der Waals surface area contributed by atoms with E-state index in [0.717, 1.165) is 16.2 Å². The molecule has 2 aromatic heterocycles. The van der Waals surface area contributed by atoms with Crippen molar-refractivity contribution in [1.29, 1.82) is 0 Å². The number of hydrogen-bond acceptors (Lipinski definition) is 5. The lowest BCUT2D eigenvalue weighted by atomic mass is 10.2. The first-order chi connectivity index (χ1) is 12.2. The Labute approximate surface area is 148 Å². The molecule has 0 fully saturated rings. The zero-order valence-electron chi connectivity index (χ0n) is 13.3. The predicted molar refractivity (Wildman–Crippen MR) is 94.4 cm³/mol. The van der Waals surface area contributed by atoms with Crippen LogP contribution >= 0.6 is 11.8 Å². The third kappa shape index (κ3) is 3.08. The van der Waals surface area contributed by atoms with E-state index in [4.69, 9.17) is 0 Å². The van der Waals surface area contributed by atoms with E-state index < -0.39 is 0 Å². The quantitative estimate of drug-likeness (QED) is 0.769. The number of hydrogen-bond donors (Lipinski definition) is 1. The molecule has 0 saturated heterocycles. The molecule has 126 valence electrons. The van der Waals surface area contributed by atoms with Gasteiger partial charge >= 0.3 is 0 Å². The van der Waals surface area contributed by atoms with Crippen LogP contribution in [-0.4, -0.2) is 38.7 Å². The lowest BCUT2D eigenvalue weighted by molar-refractivity contribution is -0.123. The van der Waals surface area contributed by atoms with Crippen LogP contribution in [-0.2, 0) is 16.1 Å². The lowest BCUT2D eigenvalue weighted by Gasteiger charge is -2.28. The number of benzene rings is 1. The van der Waals surface area contributed by atoms with E-state index in [9.17, 15) is 9.59 Å². The second-order valence-electron chi connectivity index (χ2n) is 5.56. The van der Waals surface area contributed by atoms with Gasteiger partial charge in [-0.1, -0.05) is 18.2 Å². The molecule has 0 spiro atoms. The van der Waals surface area contributed by atoms with Gasteiger partial charge in [0, 0.05) is 11.1 Å². The molecule has 1 aliphatic heterocycles. The number of carbonyl (C=O) groups is 2. The van der Waals surface area contributed by atoms with Crippen LogP contribution in [0.2, 0.25) is 0 Å². The average Bonchev–Trinajstić information content (AvgIpc) is 3.06. The molecule has 25 heavy (non-hydrogen) atoms. The van der Waals surface area contributed by atoms with Gasteiger partial charge in [0.25, 0.3) is 0 Å². The minimum atomic E-state index is -0.234. The van der Waals surface area contributed by atoms with Gasteiger partial charge in [-0.25, -0.2) is 0 Å². The van der Waals surface area contributed by atoms with E-state index in [1.54, 1.807) is 0 Å². The highest BCUT2D eigenvalue weighted by Gasteiger charge is 2.26. The monoisotopic (exact) mass is 353 g/mol. The fourth-order valence-electron chi connectivity index (χ4n) is 2.72. The molecule has 1 N–H and O–H groups in total. The van der Waals surface area contributed by atoms with Crippen LogP contribution in [0.25, 0.3) is 5.65 Å². The molecule has 1 aliphatic rings. The van der Waals surface area contributed by atoms with Crippen molar-refractivity contribution in [1.82, 2.24) is 19.9 Å². The van der Waals surface area contributed by atoms with Crippen LogP contribution in [0.1, 0.15) is 5.82 Å². The number of nitrogens with zero attached hydrogens (tertiary/aromatic N) is 4. The van der Waals surface area contributed by atoms with E-state index in [1.807, 2.05) is 53.1 Å². The van der Waals surface area contributed by atoms with Crippen molar-refractivity contribution in [3.8, 4) is 0 Å². The summed E-state index contributed by atoms with van der Waals surface area (Å²) >= 11 is 1.50. The van der Waals surface area contributed by atoms with Gasteiger partial charge in [0.1, 0.15) is 6.54 Å². The Hall–Kier alpha value is -2.87. The minimum absolute atomic E-state index is 0.00680. The predicted octanol–water partition coefficient (Wildman–Crippen LogP) is 1.48. The number of thioether (sulfide) groups is 1. The summed E-state index contributed by atoms with van der Waals surface area (Å²) in [6.07, 6.45) is 1.85. The summed E-state index contributed by atoms with van der Waals surface area (Å²) in [7, 11) is 0. The second-order valence-corrected chi connectivity index (χ2v) is 6.58. The van der Waals surface area contributed by atoms with E-state index in [2.05, 4.69) is 15.5 Å². The summed E-state index contributed by atoms with van der Waals surface area (Å²) in [4.78, 5) is 27.1. The molecule has 1 aromatic carbocycles. The summed E-state index contributed by atoms with van der Waals surface area (Å²) in [6.45, 7) is 0.246. The summed E-state index contributed by atoms with van der Waals surface area (Å²) in [6, 6.07) is 13.2. The fraction of sp³-hybridized carbons (Fsp3) is 0.176. The van der Waals surface area contributed by atoms with Gasteiger partial charge in [0.05, 0.1) is 18.0 Å². The number of carbonyl (C=O) groups excluding carboxylic acids is 2. The third-order valence-corrected chi connectivity index (χ3v) is 4.99. The zero-order valence-corrected chi connectivity index (χ0v) is 14.1. The molecular formula is C17H15N5O2S. The Bertz CT molecular complexity index is 955. The standard InChI is InChI=1S/C17H15N5O2S/c23-16(18-9-15-20-19-14-7-3-4-8-21(14)15)10-22-12-5-1-2-6-13(12)25-11-17(22)24/h1-8H,9-11H2,(H,18,23). The van der Waals surface area contributed by atoms with Crippen molar-refractivity contribution in [2.45, 2.75) is 11.4 Å². The van der Waals surface area contributed by atoms with Crippen LogP contribution in [0, 0.1) is 0 Å². The van der Waals surface area contributed by atoms with Crippen molar-refractivity contribution >= 4 is 34.9 Å². The van der Waals surface area contributed by atoms with Gasteiger partial charge in [0.15, 0.2) is 11.5 Å². The molecule has 8 heteroatoms. The smallest absolute Gasteiger partial charge is 0.240 e. The summed E-state index contributed by atoms with van der Waals surface area (Å²) in [5.74, 6) is 0.693. The van der Waals surface area contributed by atoms with Crippen molar-refractivity contribution in [2.75, 3.05) is 17.2 Å². The topological polar surface area (TPSA) is 79.6 Å². The van der Waals surface area contributed by atoms with Crippen LogP contribution in [0.15, 0.2) is 53.6 Å². The maximum Gasteiger partial charge on any atom is 0.240 e. The van der Waals surface area contributed by atoms with E-state index >= 15 is 0 Å². The molecule has 3 heterocycles. The van der Waals surface area contributed by atoms with Crippen molar-refractivity contribution in [3.63, 3.8) is 0 Å². The number of anilines is 1. The van der Waals surface area contributed by atoms with Crippen LogP contribution in [0.3, 0.4) is 0 Å². The van der Waals surface area contributed by atoms with E-state index in [0.29, 0.717) is 11.6 Å². The van der Waals surface area contributed by atoms with E-state index in [1.165, 1.54) is 16.7 Å². The molecule has 0 radical (unpaired) electrons. The lowest BCUT2D eigenvalue weighted by Crippen LogP contribution is -2.43. The Morgan fingerprint density at radius 2 is 2.00 bits per heavy atom. The summed E-state index contributed by atoms with van der Waals surface area (Å²) in [5, 5.41) is 10.9. The Morgan fingerprint density at radius 3 is 2.92 bits per heavy atom. The molecular weight excluding hydrogens is 338 g/mol. The van der Waals surface area contributed by atoms with Crippen molar-refractivity contribution in [2.24, 2.45) is 0 Å². The first-order valence-electron chi connectivity index (χ1n) is 7.80. The average molecular weight is 353 g/mol. The first-order valence-corrected chi connectivity index (χ1v) is 8.78. The molecule has 0 unspecified atom stereocenters. The summed E-state index contributed by atoms with van der Waals surface area (Å²) in [5.41, 5.74) is 1.51. The van der Waals surface area contributed by atoms with Crippen molar-refractivity contribution in [3.05, 3.63) is 54.5 Å². The number of amides is 2. The maximum absolute atomic E-state index is 12.3. The molecule has 7 nitrogen and oxygen atoms in total. The van der Waals surface area contributed by atoms with Crippen molar-refractivity contribution < 1.29 is 9.59 Å². The molecule has 0 aliphatic carbocycles. The van der Waals surface area contributed by atoms with Crippen LogP contribution < -0.4 is 10.2 Å². The highest BCUT2D eigenvalue weighted by Crippen LogP contribution is 2.34. The number of para-hydroxylation sites is 1. The Morgan fingerprint density at radius 1 is 1.16 bits per heavy atom. The van der Waals surface area contributed by atoms with Gasteiger partial charge in [-0.3, -0.25) is 14.0 Å². The Balaban J connectivity index is 1.45. The van der Waals surface area contributed by atoms with Gasteiger partial charge in [-0.2, -0.15) is 0 Å². The summed E-state index contributed by atoms with van der Waals surface area (Å²) < 4.78 is 1.82. The zero-order chi connectivity index (χ0) is 17.2. The number of nitrogens with one attached hydrogen (secondary N) is 1. The van der Waals surface area contributed by atoms with Crippen LogP contribution in [0.4, 0.5) is 5.69 Å². The van der Waals surface area contributed by atoms with Crippen LogP contribution in [0.5, 0.6) is 0 Å². The SMILES string of the molecule is O=C(CN1C(=O)CSc2ccccc21)NCc1nnc2ccccn12. The van der Waals surface area contributed by atoms with Gasteiger partial charge in [-0.15, -0.1) is 22.0 Å². The normalized spacial score (nSPS) is 13.8. The highest BCUT2D eigenvalue weighted by atomic mass is 32.2. The molecule has 0 bridgehead atoms. The molecule has 2 amide bonds. The maximum atomic E-state index is 12.3. The number of pyridine rings is 1. The molecule has 0 atom stereocenters. The van der Waals surface area contributed by atoms with Gasteiger partial charge in [-0.05, 0) is 24.3 Å². The minimum Gasteiger partial charge on any atom is -0.347 e. The highest BCUT2D eigenvalue weighted by molar-refractivity contribution is 8.00. The molecule has 4 rings (SSSR count). The first kappa shape index (κ1) is 15.6. The third-order valence-electron chi connectivity index (χ3n) is 3.94. The molecule has 0 saturated carbocycles. The largest absolute Gasteiger partial charge is 0.347 e. The van der Waals surface area contributed by atoms with Gasteiger partial charge < -0.3 is 10.2 Å². The van der Waals surface area contributed by atoms with E-state index in [-0.39, 0.29) is 24.9 Å². The number of aromatic nitrogens is 3. The van der Waals surface area contributed by atoms with Gasteiger partial charge in [0.2, 0.25) is 11.8 Å². The number of fused-ring (bicyclic) bond motifs is 2. The molecule has 3 aromatic rings. The second kappa shape index (κ2) is 6.56.